The summed E-state index contributed by atoms with van der Waals surface area (Å²) >= 11 is 6.18. The highest BCUT2D eigenvalue weighted by Gasteiger charge is 2.12. The minimum atomic E-state index is 0.748. The third-order valence-corrected chi connectivity index (χ3v) is 3.14. The van der Waals surface area contributed by atoms with E-state index in [1.807, 2.05) is 21.0 Å². The number of hydrogen-bond donors (Lipinski definition) is 1. The predicted octanol–water partition coefficient (Wildman–Crippen LogP) is 1.42. The van der Waals surface area contributed by atoms with Crippen molar-refractivity contribution in [1.82, 2.24) is 20.0 Å². The first-order valence-electron chi connectivity index (χ1n) is 5.57. The Bertz CT molecular complexity index is 335. The average molecular weight is 245 g/mol. The minimum Gasteiger partial charge on any atom is -0.320 e. The van der Waals surface area contributed by atoms with Crippen molar-refractivity contribution in [3.8, 4) is 0 Å². The SMILES string of the molecule is CNCCCN(C)Cc1c(C)nn(C)c1Cl. The van der Waals surface area contributed by atoms with Crippen LogP contribution in [0.15, 0.2) is 0 Å². The van der Waals surface area contributed by atoms with Crippen LogP contribution in [-0.4, -0.2) is 41.9 Å². The Labute approximate surface area is 103 Å². The molecule has 0 saturated heterocycles. The molecule has 0 fully saturated rings. The third kappa shape index (κ3) is 3.47. The van der Waals surface area contributed by atoms with Gasteiger partial charge in [-0.05, 0) is 40.5 Å². The summed E-state index contributed by atoms with van der Waals surface area (Å²) in [6, 6.07) is 0. The lowest BCUT2D eigenvalue weighted by atomic mass is 10.2. The van der Waals surface area contributed by atoms with E-state index in [1.165, 1.54) is 0 Å². The molecule has 0 unspecified atom stereocenters. The quantitative estimate of drug-likeness (QED) is 0.769. The molecule has 0 aliphatic rings. The van der Waals surface area contributed by atoms with E-state index in [0.29, 0.717) is 0 Å². The molecule has 1 heterocycles. The maximum atomic E-state index is 6.18. The number of nitrogens with one attached hydrogen (secondary N) is 1. The van der Waals surface area contributed by atoms with Crippen molar-refractivity contribution in [3.63, 3.8) is 0 Å². The summed E-state index contributed by atoms with van der Waals surface area (Å²) in [6.45, 7) is 4.97. The van der Waals surface area contributed by atoms with Gasteiger partial charge in [-0.2, -0.15) is 5.10 Å². The van der Waals surface area contributed by atoms with E-state index < -0.39 is 0 Å². The van der Waals surface area contributed by atoms with E-state index in [0.717, 1.165) is 42.5 Å². The monoisotopic (exact) mass is 244 g/mol. The zero-order chi connectivity index (χ0) is 12.1. The molecule has 0 atom stereocenters. The van der Waals surface area contributed by atoms with Crippen LogP contribution in [0.3, 0.4) is 0 Å². The number of hydrogen-bond acceptors (Lipinski definition) is 3. The van der Waals surface area contributed by atoms with Crippen molar-refractivity contribution >= 4 is 11.6 Å². The summed E-state index contributed by atoms with van der Waals surface area (Å²) in [5.74, 6) is 0. The molecular weight excluding hydrogens is 224 g/mol. The highest BCUT2D eigenvalue weighted by molar-refractivity contribution is 6.30. The smallest absolute Gasteiger partial charge is 0.131 e. The molecule has 1 N–H and O–H groups in total. The van der Waals surface area contributed by atoms with Crippen molar-refractivity contribution in [2.24, 2.45) is 7.05 Å². The second-order valence-corrected chi connectivity index (χ2v) is 4.53. The van der Waals surface area contributed by atoms with Gasteiger partial charge in [0.05, 0.1) is 5.69 Å². The second-order valence-electron chi connectivity index (χ2n) is 4.17. The number of nitrogens with zero attached hydrogens (tertiary/aromatic N) is 3. The topological polar surface area (TPSA) is 33.1 Å². The van der Waals surface area contributed by atoms with Crippen LogP contribution in [0.5, 0.6) is 0 Å². The first-order valence-corrected chi connectivity index (χ1v) is 5.95. The molecule has 5 heteroatoms. The molecule has 0 saturated carbocycles. The van der Waals surface area contributed by atoms with E-state index in [4.69, 9.17) is 11.6 Å². The van der Waals surface area contributed by atoms with Crippen LogP contribution in [0.2, 0.25) is 5.15 Å². The van der Waals surface area contributed by atoms with E-state index in [1.54, 1.807) is 4.68 Å². The second kappa shape index (κ2) is 6.23. The Kier molecular flexibility index (Phi) is 5.25. The molecule has 0 aliphatic heterocycles. The molecule has 0 amide bonds. The standard InChI is InChI=1S/C11H21ClN4/c1-9-10(11(12)16(4)14-9)8-15(3)7-5-6-13-2/h13H,5-8H2,1-4H3. The van der Waals surface area contributed by atoms with Crippen LogP contribution in [0, 0.1) is 6.92 Å². The van der Waals surface area contributed by atoms with Crippen molar-refractivity contribution in [2.45, 2.75) is 19.9 Å². The summed E-state index contributed by atoms with van der Waals surface area (Å²) < 4.78 is 1.73. The minimum absolute atomic E-state index is 0.748. The molecule has 16 heavy (non-hydrogen) atoms. The number of aryl methyl sites for hydroxylation is 2. The van der Waals surface area contributed by atoms with Crippen LogP contribution < -0.4 is 5.32 Å². The summed E-state index contributed by atoms with van der Waals surface area (Å²) in [6.07, 6.45) is 1.14. The number of halogens is 1. The highest BCUT2D eigenvalue weighted by Crippen LogP contribution is 2.19. The van der Waals surface area contributed by atoms with Gasteiger partial charge < -0.3 is 10.2 Å². The fourth-order valence-electron chi connectivity index (χ4n) is 1.73. The van der Waals surface area contributed by atoms with Crippen molar-refractivity contribution in [2.75, 3.05) is 27.2 Å². The Morgan fingerprint density at radius 2 is 2.19 bits per heavy atom. The molecule has 0 spiro atoms. The van der Waals surface area contributed by atoms with E-state index in [9.17, 15) is 0 Å². The van der Waals surface area contributed by atoms with Gasteiger partial charge in [0.25, 0.3) is 0 Å². The summed E-state index contributed by atoms with van der Waals surface area (Å²) in [4.78, 5) is 2.27. The van der Waals surface area contributed by atoms with Gasteiger partial charge in [0, 0.05) is 19.2 Å². The van der Waals surface area contributed by atoms with Gasteiger partial charge in [-0.25, -0.2) is 0 Å². The van der Waals surface area contributed by atoms with Gasteiger partial charge >= 0.3 is 0 Å². The molecule has 1 rings (SSSR count). The van der Waals surface area contributed by atoms with Crippen molar-refractivity contribution in [3.05, 3.63) is 16.4 Å². The van der Waals surface area contributed by atoms with Crippen LogP contribution in [0.1, 0.15) is 17.7 Å². The van der Waals surface area contributed by atoms with Gasteiger partial charge in [0.15, 0.2) is 0 Å². The van der Waals surface area contributed by atoms with Gasteiger partial charge in [-0.1, -0.05) is 11.6 Å². The Morgan fingerprint density at radius 1 is 1.50 bits per heavy atom. The molecule has 0 radical (unpaired) electrons. The zero-order valence-corrected chi connectivity index (χ0v) is 11.3. The molecule has 0 bridgehead atoms. The van der Waals surface area contributed by atoms with E-state index >= 15 is 0 Å². The third-order valence-electron chi connectivity index (χ3n) is 2.66. The number of rotatable bonds is 6. The maximum Gasteiger partial charge on any atom is 0.131 e. The lowest BCUT2D eigenvalue weighted by molar-refractivity contribution is 0.320. The molecule has 1 aromatic rings. The van der Waals surface area contributed by atoms with E-state index in [-0.39, 0.29) is 0 Å². The fraction of sp³-hybridized carbons (Fsp3) is 0.727. The first kappa shape index (κ1) is 13.5. The lowest BCUT2D eigenvalue weighted by Gasteiger charge is -2.16. The number of aromatic nitrogens is 2. The van der Waals surface area contributed by atoms with Gasteiger partial charge in [-0.3, -0.25) is 4.68 Å². The molecular formula is C11H21ClN4. The summed E-state index contributed by atoms with van der Waals surface area (Å²) in [7, 11) is 5.96. The summed E-state index contributed by atoms with van der Waals surface area (Å²) in [5.41, 5.74) is 2.16. The molecule has 92 valence electrons. The molecule has 4 nitrogen and oxygen atoms in total. The molecule has 0 aliphatic carbocycles. The molecule has 0 aromatic carbocycles. The van der Waals surface area contributed by atoms with Gasteiger partial charge in [0.2, 0.25) is 0 Å². The van der Waals surface area contributed by atoms with Crippen LogP contribution in [0.4, 0.5) is 0 Å². The Morgan fingerprint density at radius 3 is 2.69 bits per heavy atom. The van der Waals surface area contributed by atoms with Crippen molar-refractivity contribution in [1.29, 1.82) is 0 Å². The maximum absolute atomic E-state index is 6.18. The van der Waals surface area contributed by atoms with Crippen molar-refractivity contribution < 1.29 is 0 Å². The van der Waals surface area contributed by atoms with Crippen LogP contribution >= 0.6 is 11.6 Å². The molecule has 1 aromatic heterocycles. The largest absolute Gasteiger partial charge is 0.320 e. The Balaban J connectivity index is 2.52. The zero-order valence-electron chi connectivity index (χ0n) is 10.5. The average Bonchev–Trinajstić information content (AvgIpc) is 2.46. The normalized spacial score (nSPS) is 11.4. The lowest BCUT2D eigenvalue weighted by Crippen LogP contribution is -2.22. The highest BCUT2D eigenvalue weighted by atomic mass is 35.5. The Hall–Kier alpha value is -0.580. The van der Waals surface area contributed by atoms with Gasteiger partial charge in [0.1, 0.15) is 5.15 Å². The fourth-order valence-corrected chi connectivity index (χ4v) is 1.96. The van der Waals surface area contributed by atoms with E-state index in [2.05, 4.69) is 22.4 Å². The first-order chi connectivity index (χ1) is 7.56. The summed E-state index contributed by atoms with van der Waals surface area (Å²) in [5, 5.41) is 8.20. The van der Waals surface area contributed by atoms with Gasteiger partial charge in [-0.15, -0.1) is 0 Å². The van der Waals surface area contributed by atoms with Crippen LogP contribution in [0.25, 0.3) is 0 Å². The van der Waals surface area contributed by atoms with Crippen LogP contribution in [-0.2, 0) is 13.6 Å². The predicted molar refractivity (Wildman–Crippen MR) is 67.8 cm³/mol.